The van der Waals surface area contributed by atoms with Crippen LogP contribution in [0.15, 0.2) is 0 Å². The molecule has 0 unspecified atom stereocenters. The van der Waals surface area contributed by atoms with Crippen LogP contribution in [-0.4, -0.2) is 33.6 Å². The molecule has 2 saturated heterocycles. The average Bonchev–Trinajstić information content (AvgIpc) is 2.95. The third-order valence-electron chi connectivity index (χ3n) is 2.90. The van der Waals surface area contributed by atoms with Gasteiger partial charge in [0.2, 0.25) is 0 Å². The minimum absolute atomic E-state index is 0.423. The molecule has 0 aromatic heterocycles. The second kappa shape index (κ2) is 6.66. The van der Waals surface area contributed by atoms with Crippen molar-refractivity contribution in [2.45, 2.75) is 37.8 Å². The van der Waals surface area contributed by atoms with Gasteiger partial charge in [-0.1, -0.05) is 24.4 Å². The number of rotatable bonds is 2. The normalized spacial score (nSPS) is 29.5. The molecule has 0 aromatic carbocycles. The molecule has 2 nitrogen and oxygen atoms in total. The molecule has 2 aliphatic heterocycles. The van der Waals surface area contributed by atoms with Crippen molar-refractivity contribution in [3.63, 3.8) is 0 Å². The van der Waals surface area contributed by atoms with Gasteiger partial charge in [-0.15, -0.1) is 0 Å². The average molecular weight is 293 g/mol. The van der Waals surface area contributed by atoms with Gasteiger partial charge in [0.05, 0.1) is 8.39 Å². The summed E-state index contributed by atoms with van der Waals surface area (Å²) in [6, 6.07) is 0.846. The molecule has 2 fully saturated rings. The van der Waals surface area contributed by atoms with Gasteiger partial charge in [0, 0.05) is 12.1 Å². The van der Waals surface area contributed by atoms with Crippen LogP contribution in [0, 0.1) is 0 Å². The predicted octanol–water partition coefficient (Wildman–Crippen LogP) is 2.53. The molecule has 2 aliphatic rings. The predicted molar refractivity (Wildman–Crippen MR) is 82.4 cm³/mol. The largest absolute Gasteiger partial charge is 0.309 e. The fourth-order valence-corrected chi connectivity index (χ4v) is 4.97. The Hall–Kier alpha value is 0.800. The smallest absolute Gasteiger partial charge is 0.0760 e. The topological polar surface area (TPSA) is 24.1 Å². The third-order valence-corrected chi connectivity index (χ3v) is 6.91. The molecule has 0 spiro atoms. The summed E-state index contributed by atoms with van der Waals surface area (Å²) in [5, 5.41) is 6.83. The summed E-state index contributed by atoms with van der Waals surface area (Å²) < 4.78 is 2.12. The number of hydrogen-bond acceptors (Lipinski definition) is 6. The van der Waals surface area contributed by atoms with Crippen molar-refractivity contribution in [2.75, 3.05) is 13.1 Å². The molecule has 2 atom stereocenters. The minimum atomic E-state index is 0.423. The van der Waals surface area contributed by atoms with Crippen molar-refractivity contribution < 1.29 is 0 Å². The standard InChI is InChI=1S/C10H16N2S4/c13-9(7-3-1-5-11-7)15-16-10(14)8-4-2-6-12-8/h7-8,11-12H,1-6H2/t7-,8-/m0/s1. The fraction of sp³-hybridized carbons (Fsp3) is 0.800. The van der Waals surface area contributed by atoms with Crippen LogP contribution >= 0.6 is 46.0 Å². The van der Waals surface area contributed by atoms with E-state index in [-0.39, 0.29) is 0 Å². The summed E-state index contributed by atoms with van der Waals surface area (Å²) in [7, 11) is 3.35. The fourth-order valence-electron chi connectivity index (χ4n) is 1.97. The van der Waals surface area contributed by atoms with Crippen LogP contribution in [0.3, 0.4) is 0 Å². The van der Waals surface area contributed by atoms with Crippen molar-refractivity contribution >= 4 is 54.4 Å². The monoisotopic (exact) mass is 292 g/mol. The Labute approximate surface area is 115 Å². The lowest BCUT2D eigenvalue weighted by Gasteiger charge is -2.13. The van der Waals surface area contributed by atoms with Gasteiger partial charge in [0.25, 0.3) is 0 Å². The summed E-state index contributed by atoms with van der Waals surface area (Å²) in [6.45, 7) is 2.20. The van der Waals surface area contributed by atoms with E-state index in [2.05, 4.69) is 10.6 Å². The van der Waals surface area contributed by atoms with Crippen LogP contribution < -0.4 is 10.6 Å². The highest BCUT2D eigenvalue weighted by Gasteiger charge is 2.23. The van der Waals surface area contributed by atoms with Crippen LogP contribution in [0.25, 0.3) is 0 Å². The molecular weight excluding hydrogens is 276 g/mol. The van der Waals surface area contributed by atoms with E-state index >= 15 is 0 Å². The SMILES string of the molecule is S=C(SSC(=S)[C@@H]1CCCN1)[C@@H]1CCCN1. The molecule has 0 aliphatic carbocycles. The molecule has 0 saturated carbocycles. The summed E-state index contributed by atoms with van der Waals surface area (Å²) in [6.07, 6.45) is 4.84. The number of thiocarbonyl (C=S) groups is 2. The maximum Gasteiger partial charge on any atom is 0.0760 e. The summed E-state index contributed by atoms with van der Waals surface area (Å²) >= 11 is 10.8. The minimum Gasteiger partial charge on any atom is -0.309 e. The lowest BCUT2D eigenvalue weighted by atomic mass is 10.3. The molecule has 90 valence electrons. The van der Waals surface area contributed by atoms with E-state index < -0.39 is 0 Å². The zero-order chi connectivity index (χ0) is 11.4. The van der Waals surface area contributed by atoms with Crippen LogP contribution in [0.4, 0.5) is 0 Å². The van der Waals surface area contributed by atoms with Crippen LogP contribution in [0.2, 0.25) is 0 Å². The highest BCUT2D eigenvalue weighted by atomic mass is 33.1. The third kappa shape index (κ3) is 3.65. The van der Waals surface area contributed by atoms with Crippen LogP contribution in [0.1, 0.15) is 25.7 Å². The zero-order valence-electron chi connectivity index (χ0n) is 9.03. The Balaban J connectivity index is 1.69. The van der Waals surface area contributed by atoms with Crippen molar-refractivity contribution in [1.82, 2.24) is 10.6 Å². The highest BCUT2D eigenvalue weighted by molar-refractivity contribution is 8.89. The summed E-state index contributed by atoms with van der Waals surface area (Å²) in [5.41, 5.74) is 0. The van der Waals surface area contributed by atoms with Gasteiger partial charge in [-0.25, -0.2) is 0 Å². The van der Waals surface area contributed by atoms with E-state index in [1.54, 1.807) is 21.6 Å². The van der Waals surface area contributed by atoms with Gasteiger partial charge in [-0.2, -0.15) is 0 Å². The van der Waals surface area contributed by atoms with Gasteiger partial charge < -0.3 is 10.6 Å². The second-order valence-corrected chi connectivity index (χ2v) is 7.71. The Morgan fingerprint density at radius 2 is 1.31 bits per heavy atom. The molecular formula is C10H16N2S4. The Kier molecular flexibility index (Phi) is 5.51. The lowest BCUT2D eigenvalue weighted by Crippen LogP contribution is -2.29. The first kappa shape index (κ1) is 13.2. The summed E-state index contributed by atoms with van der Waals surface area (Å²) in [5.74, 6) is 0. The van der Waals surface area contributed by atoms with Crippen molar-refractivity contribution in [1.29, 1.82) is 0 Å². The first-order chi connectivity index (χ1) is 7.77. The zero-order valence-corrected chi connectivity index (χ0v) is 12.3. The first-order valence-corrected chi connectivity index (χ1v) is 8.63. The Morgan fingerprint density at radius 1 is 0.875 bits per heavy atom. The number of nitrogens with one attached hydrogen (secondary N) is 2. The van der Waals surface area contributed by atoms with Gasteiger partial charge in [-0.3, -0.25) is 0 Å². The van der Waals surface area contributed by atoms with E-state index in [4.69, 9.17) is 24.4 Å². The molecule has 2 N–H and O–H groups in total. The maximum absolute atomic E-state index is 5.41. The number of hydrogen-bond donors (Lipinski definition) is 2. The van der Waals surface area contributed by atoms with E-state index in [0.29, 0.717) is 12.1 Å². The highest BCUT2D eigenvalue weighted by Crippen LogP contribution is 2.31. The maximum atomic E-state index is 5.41. The lowest BCUT2D eigenvalue weighted by molar-refractivity contribution is 0.778. The summed E-state index contributed by atoms with van der Waals surface area (Å²) in [4.78, 5) is 0. The van der Waals surface area contributed by atoms with E-state index in [1.165, 1.54) is 25.7 Å². The molecule has 6 heteroatoms. The molecule has 0 aromatic rings. The quantitative estimate of drug-likeness (QED) is 0.599. The van der Waals surface area contributed by atoms with Gasteiger partial charge in [0.1, 0.15) is 0 Å². The van der Waals surface area contributed by atoms with Crippen molar-refractivity contribution in [3.8, 4) is 0 Å². The van der Waals surface area contributed by atoms with E-state index in [1.807, 2.05) is 0 Å². The van der Waals surface area contributed by atoms with Gasteiger partial charge >= 0.3 is 0 Å². The van der Waals surface area contributed by atoms with Gasteiger partial charge in [0.15, 0.2) is 0 Å². The van der Waals surface area contributed by atoms with Gasteiger partial charge in [-0.05, 0) is 60.4 Å². The first-order valence-electron chi connectivity index (χ1n) is 5.66. The molecule has 2 heterocycles. The van der Waals surface area contributed by atoms with E-state index in [9.17, 15) is 0 Å². The van der Waals surface area contributed by atoms with Crippen molar-refractivity contribution in [2.24, 2.45) is 0 Å². The molecule has 0 bridgehead atoms. The molecule has 16 heavy (non-hydrogen) atoms. The van der Waals surface area contributed by atoms with E-state index in [0.717, 1.165) is 21.5 Å². The van der Waals surface area contributed by atoms with Crippen molar-refractivity contribution in [3.05, 3.63) is 0 Å². The van der Waals surface area contributed by atoms with Crippen LogP contribution in [0.5, 0.6) is 0 Å². The Morgan fingerprint density at radius 3 is 1.62 bits per heavy atom. The molecule has 0 amide bonds. The second-order valence-electron chi connectivity index (χ2n) is 4.10. The molecule has 2 rings (SSSR count). The molecule has 0 radical (unpaired) electrons. The Bertz CT molecular complexity index is 242. The van der Waals surface area contributed by atoms with Crippen LogP contribution in [-0.2, 0) is 0 Å².